The van der Waals surface area contributed by atoms with E-state index in [1.54, 1.807) is 4.90 Å². The van der Waals surface area contributed by atoms with Crippen molar-refractivity contribution in [2.24, 2.45) is 11.7 Å². The first kappa shape index (κ1) is 15.0. The highest BCUT2D eigenvalue weighted by Crippen LogP contribution is 2.21. The number of nitrogens with two attached hydrogens (primary N) is 1. The molecule has 20 heavy (non-hydrogen) atoms. The second-order valence-corrected chi connectivity index (χ2v) is 5.90. The van der Waals surface area contributed by atoms with Crippen LogP contribution in [0.3, 0.4) is 0 Å². The minimum atomic E-state index is 0.0515. The van der Waals surface area contributed by atoms with E-state index in [-0.39, 0.29) is 11.9 Å². The first-order valence-electron chi connectivity index (χ1n) is 7.19. The number of ether oxygens (including phenoxy) is 1. The largest absolute Gasteiger partial charge is 0.372 e. The first-order chi connectivity index (χ1) is 9.49. The van der Waals surface area contributed by atoms with Gasteiger partial charge in [-0.05, 0) is 35.6 Å². The second kappa shape index (κ2) is 6.37. The fourth-order valence-electron chi connectivity index (χ4n) is 2.30. The summed E-state index contributed by atoms with van der Waals surface area (Å²) in [7, 11) is 1.83. The van der Waals surface area contributed by atoms with E-state index < -0.39 is 0 Å². The number of benzene rings is 1. The van der Waals surface area contributed by atoms with Gasteiger partial charge < -0.3 is 15.4 Å². The van der Waals surface area contributed by atoms with Gasteiger partial charge in [-0.3, -0.25) is 4.79 Å². The third-order valence-corrected chi connectivity index (χ3v) is 3.97. The van der Waals surface area contributed by atoms with Crippen LogP contribution in [-0.4, -0.2) is 30.4 Å². The molecule has 1 amide bonds. The first-order valence-corrected chi connectivity index (χ1v) is 7.19. The normalized spacial score (nSPS) is 15.2. The zero-order chi connectivity index (χ0) is 14.7. The average molecular weight is 276 g/mol. The highest BCUT2D eigenvalue weighted by Gasteiger charge is 2.17. The Morgan fingerprint density at radius 3 is 2.75 bits per heavy atom. The van der Waals surface area contributed by atoms with Crippen LogP contribution in [0.1, 0.15) is 41.8 Å². The standard InChI is InChI=1S/C16H24N2O2/c1-11(2)15(17)6-7-18(3)16(19)12-4-5-13-9-20-10-14(13)8-12/h4-5,8,11,15H,6-7,9-10,17H2,1-3H3. The maximum atomic E-state index is 12.4. The van der Waals surface area contributed by atoms with Gasteiger partial charge in [0, 0.05) is 25.2 Å². The minimum Gasteiger partial charge on any atom is -0.372 e. The van der Waals surface area contributed by atoms with E-state index in [0.717, 1.165) is 17.5 Å². The Morgan fingerprint density at radius 1 is 1.35 bits per heavy atom. The van der Waals surface area contributed by atoms with E-state index in [9.17, 15) is 4.79 Å². The van der Waals surface area contributed by atoms with Crippen molar-refractivity contribution in [2.75, 3.05) is 13.6 Å². The average Bonchev–Trinajstić information content (AvgIpc) is 2.90. The fourth-order valence-corrected chi connectivity index (χ4v) is 2.30. The molecule has 4 heteroatoms. The third-order valence-electron chi connectivity index (χ3n) is 3.97. The Balaban J connectivity index is 1.96. The van der Waals surface area contributed by atoms with Crippen LogP contribution in [0, 0.1) is 5.92 Å². The molecular weight excluding hydrogens is 252 g/mol. The number of carbonyl (C=O) groups excluding carboxylic acids is 1. The Bertz CT molecular complexity index is 485. The van der Waals surface area contributed by atoms with Crippen molar-refractivity contribution < 1.29 is 9.53 Å². The number of carbonyl (C=O) groups is 1. The van der Waals surface area contributed by atoms with Crippen LogP contribution in [0.2, 0.25) is 0 Å². The molecule has 0 spiro atoms. The van der Waals surface area contributed by atoms with Crippen LogP contribution in [0.15, 0.2) is 18.2 Å². The molecular formula is C16H24N2O2. The van der Waals surface area contributed by atoms with Gasteiger partial charge >= 0.3 is 0 Å². The maximum absolute atomic E-state index is 12.4. The quantitative estimate of drug-likeness (QED) is 0.896. The molecule has 1 aliphatic heterocycles. The molecule has 1 aromatic carbocycles. The van der Waals surface area contributed by atoms with Gasteiger partial charge in [-0.2, -0.15) is 0 Å². The van der Waals surface area contributed by atoms with Gasteiger partial charge in [-0.25, -0.2) is 0 Å². The smallest absolute Gasteiger partial charge is 0.253 e. The van der Waals surface area contributed by atoms with Gasteiger partial charge in [0.2, 0.25) is 0 Å². The minimum absolute atomic E-state index is 0.0515. The summed E-state index contributed by atoms with van der Waals surface area (Å²) in [5.41, 5.74) is 9.07. The Kier molecular flexibility index (Phi) is 4.78. The van der Waals surface area contributed by atoms with Crippen LogP contribution < -0.4 is 5.73 Å². The summed E-state index contributed by atoms with van der Waals surface area (Å²) < 4.78 is 5.37. The fraction of sp³-hybridized carbons (Fsp3) is 0.562. The lowest BCUT2D eigenvalue weighted by molar-refractivity contribution is 0.0789. The van der Waals surface area contributed by atoms with Crippen LogP contribution in [0.25, 0.3) is 0 Å². The van der Waals surface area contributed by atoms with E-state index in [0.29, 0.717) is 25.7 Å². The van der Waals surface area contributed by atoms with Gasteiger partial charge in [0.1, 0.15) is 0 Å². The molecule has 0 aliphatic carbocycles. The van der Waals surface area contributed by atoms with Gasteiger partial charge in [0.25, 0.3) is 5.91 Å². The number of hydrogen-bond donors (Lipinski definition) is 1. The van der Waals surface area contributed by atoms with E-state index in [1.165, 1.54) is 5.56 Å². The zero-order valence-electron chi connectivity index (χ0n) is 12.6. The predicted octanol–water partition coefficient (Wildman–Crippen LogP) is 2.16. The molecule has 0 aromatic heterocycles. The zero-order valence-corrected chi connectivity index (χ0v) is 12.6. The second-order valence-electron chi connectivity index (χ2n) is 5.90. The summed E-state index contributed by atoms with van der Waals surface area (Å²) in [6.45, 7) is 6.16. The van der Waals surface area contributed by atoms with Gasteiger partial charge in [0.15, 0.2) is 0 Å². The summed E-state index contributed by atoms with van der Waals surface area (Å²) in [4.78, 5) is 14.1. The highest BCUT2D eigenvalue weighted by atomic mass is 16.5. The predicted molar refractivity (Wildman–Crippen MR) is 79.3 cm³/mol. The molecule has 1 aliphatic rings. The molecule has 1 heterocycles. The number of fused-ring (bicyclic) bond motifs is 1. The monoisotopic (exact) mass is 276 g/mol. The lowest BCUT2D eigenvalue weighted by Crippen LogP contribution is -2.34. The van der Waals surface area contributed by atoms with Crippen molar-refractivity contribution in [2.45, 2.75) is 39.5 Å². The van der Waals surface area contributed by atoms with Crippen molar-refractivity contribution in [1.82, 2.24) is 4.90 Å². The van der Waals surface area contributed by atoms with Crippen LogP contribution >= 0.6 is 0 Å². The van der Waals surface area contributed by atoms with Crippen molar-refractivity contribution in [1.29, 1.82) is 0 Å². The SMILES string of the molecule is CC(C)C(N)CCN(C)C(=O)c1ccc2c(c1)COC2. The molecule has 1 unspecified atom stereocenters. The third kappa shape index (κ3) is 3.38. The lowest BCUT2D eigenvalue weighted by Gasteiger charge is -2.21. The lowest BCUT2D eigenvalue weighted by atomic mass is 10.0. The molecule has 2 N–H and O–H groups in total. The summed E-state index contributed by atoms with van der Waals surface area (Å²) in [6.07, 6.45) is 0.827. The van der Waals surface area contributed by atoms with Crippen molar-refractivity contribution in [3.8, 4) is 0 Å². The van der Waals surface area contributed by atoms with E-state index in [4.69, 9.17) is 10.5 Å². The summed E-state index contributed by atoms with van der Waals surface area (Å²) in [6, 6.07) is 5.96. The molecule has 110 valence electrons. The molecule has 2 rings (SSSR count). The van der Waals surface area contributed by atoms with E-state index in [1.807, 2.05) is 25.2 Å². The molecule has 0 bridgehead atoms. The maximum Gasteiger partial charge on any atom is 0.253 e. The van der Waals surface area contributed by atoms with Gasteiger partial charge in [-0.1, -0.05) is 19.9 Å². The Morgan fingerprint density at radius 2 is 2.05 bits per heavy atom. The van der Waals surface area contributed by atoms with Crippen LogP contribution in [-0.2, 0) is 18.0 Å². The summed E-state index contributed by atoms with van der Waals surface area (Å²) in [5, 5.41) is 0. The molecule has 0 saturated heterocycles. The molecule has 1 aromatic rings. The van der Waals surface area contributed by atoms with Crippen LogP contribution in [0.5, 0.6) is 0 Å². The molecule has 4 nitrogen and oxygen atoms in total. The van der Waals surface area contributed by atoms with Gasteiger partial charge in [-0.15, -0.1) is 0 Å². The summed E-state index contributed by atoms with van der Waals surface area (Å²) >= 11 is 0. The highest BCUT2D eigenvalue weighted by molar-refractivity contribution is 5.94. The number of nitrogens with zero attached hydrogens (tertiary/aromatic N) is 1. The molecule has 0 fully saturated rings. The number of hydrogen-bond acceptors (Lipinski definition) is 3. The molecule has 0 saturated carbocycles. The number of rotatable bonds is 5. The van der Waals surface area contributed by atoms with Gasteiger partial charge in [0.05, 0.1) is 13.2 Å². The van der Waals surface area contributed by atoms with E-state index >= 15 is 0 Å². The number of amides is 1. The topological polar surface area (TPSA) is 55.6 Å². The Labute approximate surface area is 120 Å². The van der Waals surface area contributed by atoms with Crippen LogP contribution in [0.4, 0.5) is 0 Å². The van der Waals surface area contributed by atoms with Crippen molar-refractivity contribution in [3.63, 3.8) is 0 Å². The van der Waals surface area contributed by atoms with Crippen molar-refractivity contribution >= 4 is 5.91 Å². The molecule has 0 radical (unpaired) electrons. The summed E-state index contributed by atoms with van der Waals surface area (Å²) in [5.74, 6) is 0.492. The molecule has 1 atom stereocenters. The van der Waals surface area contributed by atoms with Crippen molar-refractivity contribution in [3.05, 3.63) is 34.9 Å². The Hall–Kier alpha value is -1.39. The van der Waals surface area contributed by atoms with E-state index in [2.05, 4.69) is 13.8 Å².